The summed E-state index contributed by atoms with van der Waals surface area (Å²) >= 11 is 0. The molecule has 0 unspecified atom stereocenters. The number of nitrogens with one attached hydrogen (secondary N) is 1. The molecule has 3 nitrogen and oxygen atoms in total. The summed E-state index contributed by atoms with van der Waals surface area (Å²) < 4.78 is 12.8. The number of hydrazone groups is 1. The van der Waals surface area contributed by atoms with Gasteiger partial charge in [-0.25, -0.2) is 9.82 Å². The normalized spacial score (nSPS) is 11.3. The number of carbonyl (C=O) groups is 1. The van der Waals surface area contributed by atoms with Gasteiger partial charge < -0.3 is 0 Å². The first-order chi connectivity index (χ1) is 10.7. The van der Waals surface area contributed by atoms with Crippen LogP contribution in [-0.4, -0.2) is 11.6 Å². The molecule has 2 aromatic carbocycles. The second kappa shape index (κ2) is 8.08. The van der Waals surface area contributed by atoms with Crippen LogP contribution in [0.25, 0.3) is 0 Å². The van der Waals surface area contributed by atoms with Crippen LogP contribution in [0.15, 0.2) is 59.7 Å². The van der Waals surface area contributed by atoms with Crippen molar-refractivity contribution in [1.29, 1.82) is 0 Å². The van der Waals surface area contributed by atoms with Crippen LogP contribution in [0, 0.1) is 5.82 Å². The Labute approximate surface area is 129 Å². The molecule has 2 aromatic rings. The van der Waals surface area contributed by atoms with E-state index in [4.69, 9.17) is 0 Å². The van der Waals surface area contributed by atoms with Crippen molar-refractivity contribution in [3.8, 4) is 0 Å². The van der Waals surface area contributed by atoms with Crippen molar-refractivity contribution in [3.05, 3.63) is 71.5 Å². The molecule has 114 valence electrons. The van der Waals surface area contributed by atoms with E-state index in [1.807, 2.05) is 30.3 Å². The van der Waals surface area contributed by atoms with Crippen LogP contribution in [0.3, 0.4) is 0 Å². The number of hydrogen-bond donors (Lipinski definition) is 1. The van der Waals surface area contributed by atoms with E-state index in [-0.39, 0.29) is 18.1 Å². The van der Waals surface area contributed by atoms with Gasteiger partial charge in [-0.1, -0.05) is 55.8 Å². The highest BCUT2D eigenvalue weighted by molar-refractivity contribution is 6.01. The van der Waals surface area contributed by atoms with Gasteiger partial charge in [-0.3, -0.25) is 4.79 Å². The van der Waals surface area contributed by atoms with Gasteiger partial charge in [0.2, 0.25) is 5.91 Å². The zero-order valence-corrected chi connectivity index (χ0v) is 12.6. The van der Waals surface area contributed by atoms with E-state index in [1.165, 1.54) is 12.1 Å². The van der Waals surface area contributed by atoms with Gasteiger partial charge in [0.1, 0.15) is 5.82 Å². The van der Waals surface area contributed by atoms with Gasteiger partial charge in [0, 0.05) is 0 Å². The fraction of sp³-hybridized carbons (Fsp3) is 0.222. The first kappa shape index (κ1) is 15.9. The quantitative estimate of drug-likeness (QED) is 0.641. The van der Waals surface area contributed by atoms with E-state index in [0.29, 0.717) is 0 Å². The molecule has 0 heterocycles. The van der Waals surface area contributed by atoms with E-state index in [9.17, 15) is 9.18 Å². The lowest BCUT2D eigenvalue weighted by Gasteiger charge is -2.06. The average Bonchev–Trinajstić information content (AvgIpc) is 2.54. The Bertz CT molecular complexity index is 636. The number of hydrogen-bond acceptors (Lipinski definition) is 2. The Hall–Kier alpha value is -2.49. The van der Waals surface area contributed by atoms with Crippen LogP contribution in [0.4, 0.5) is 4.39 Å². The average molecular weight is 298 g/mol. The predicted molar refractivity (Wildman–Crippen MR) is 86.1 cm³/mol. The molecule has 0 saturated carbocycles. The lowest BCUT2D eigenvalue weighted by atomic mass is 10.1. The Morgan fingerprint density at radius 3 is 2.41 bits per heavy atom. The minimum absolute atomic E-state index is 0.179. The van der Waals surface area contributed by atoms with Crippen molar-refractivity contribution in [2.45, 2.75) is 26.2 Å². The third kappa shape index (κ3) is 4.81. The Morgan fingerprint density at radius 1 is 1.09 bits per heavy atom. The van der Waals surface area contributed by atoms with E-state index in [0.717, 1.165) is 29.7 Å². The Morgan fingerprint density at radius 2 is 1.77 bits per heavy atom. The molecule has 0 aliphatic heterocycles. The van der Waals surface area contributed by atoms with Gasteiger partial charge in [0.25, 0.3) is 0 Å². The second-order valence-corrected chi connectivity index (χ2v) is 5.01. The van der Waals surface area contributed by atoms with Gasteiger partial charge in [-0.15, -0.1) is 0 Å². The van der Waals surface area contributed by atoms with Crippen LogP contribution >= 0.6 is 0 Å². The molecular formula is C18H19FN2O. The molecule has 0 spiro atoms. The van der Waals surface area contributed by atoms with Gasteiger partial charge in [0.05, 0.1) is 12.1 Å². The van der Waals surface area contributed by atoms with E-state index >= 15 is 0 Å². The number of nitrogens with zero attached hydrogens (tertiary/aromatic N) is 1. The highest BCUT2D eigenvalue weighted by atomic mass is 19.1. The maximum Gasteiger partial charge on any atom is 0.244 e. The molecule has 0 atom stereocenters. The van der Waals surface area contributed by atoms with Crippen molar-refractivity contribution >= 4 is 11.6 Å². The molecule has 1 amide bonds. The van der Waals surface area contributed by atoms with Crippen molar-refractivity contribution in [1.82, 2.24) is 5.43 Å². The SMILES string of the molecule is CCC/C(=N/NC(=O)Cc1ccc(F)cc1)c1ccccc1. The van der Waals surface area contributed by atoms with Crippen LogP contribution in [0.1, 0.15) is 30.9 Å². The summed E-state index contributed by atoms with van der Waals surface area (Å²) in [7, 11) is 0. The van der Waals surface area contributed by atoms with Gasteiger partial charge in [0.15, 0.2) is 0 Å². The Balaban J connectivity index is 2.01. The first-order valence-electron chi connectivity index (χ1n) is 7.34. The number of carbonyl (C=O) groups excluding carboxylic acids is 1. The van der Waals surface area contributed by atoms with Crippen molar-refractivity contribution in [2.24, 2.45) is 5.10 Å². The van der Waals surface area contributed by atoms with Gasteiger partial charge in [-0.2, -0.15) is 5.10 Å². The molecule has 0 radical (unpaired) electrons. The van der Waals surface area contributed by atoms with Crippen LogP contribution < -0.4 is 5.43 Å². The monoisotopic (exact) mass is 298 g/mol. The molecule has 0 aliphatic carbocycles. The summed E-state index contributed by atoms with van der Waals surface area (Å²) in [6.45, 7) is 2.07. The van der Waals surface area contributed by atoms with Crippen molar-refractivity contribution in [2.75, 3.05) is 0 Å². The van der Waals surface area contributed by atoms with E-state index < -0.39 is 0 Å². The summed E-state index contributed by atoms with van der Waals surface area (Å²) in [5, 5.41) is 4.24. The minimum atomic E-state index is -0.309. The number of rotatable bonds is 6. The zero-order valence-electron chi connectivity index (χ0n) is 12.6. The topological polar surface area (TPSA) is 41.5 Å². The molecular weight excluding hydrogens is 279 g/mol. The maximum absolute atomic E-state index is 12.8. The van der Waals surface area contributed by atoms with E-state index in [1.54, 1.807) is 12.1 Å². The summed E-state index contributed by atoms with van der Waals surface area (Å²) in [4.78, 5) is 11.9. The molecule has 0 aliphatic rings. The third-order valence-corrected chi connectivity index (χ3v) is 3.19. The highest BCUT2D eigenvalue weighted by Gasteiger charge is 2.05. The number of benzene rings is 2. The first-order valence-corrected chi connectivity index (χ1v) is 7.34. The lowest BCUT2D eigenvalue weighted by Crippen LogP contribution is -2.22. The van der Waals surface area contributed by atoms with Crippen LogP contribution in [-0.2, 0) is 11.2 Å². The van der Waals surface area contributed by atoms with Crippen LogP contribution in [0.2, 0.25) is 0 Å². The van der Waals surface area contributed by atoms with Crippen LogP contribution in [0.5, 0.6) is 0 Å². The third-order valence-electron chi connectivity index (χ3n) is 3.19. The fourth-order valence-corrected chi connectivity index (χ4v) is 2.09. The molecule has 4 heteroatoms. The molecule has 22 heavy (non-hydrogen) atoms. The molecule has 0 bridgehead atoms. The lowest BCUT2D eigenvalue weighted by molar-refractivity contribution is -0.120. The van der Waals surface area contributed by atoms with Crippen molar-refractivity contribution < 1.29 is 9.18 Å². The summed E-state index contributed by atoms with van der Waals surface area (Å²) in [5.41, 5.74) is 5.20. The van der Waals surface area contributed by atoms with Gasteiger partial charge >= 0.3 is 0 Å². The minimum Gasteiger partial charge on any atom is -0.273 e. The predicted octanol–water partition coefficient (Wildman–Crippen LogP) is 3.69. The summed E-state index contributed by atoms with van der Waals surface area (Å²) in [6.07, 6.45) is 1.92. The fourth-order valence-electron chi connectivity index (χ4n) is 2.09. The summed E-state index contributed by atoms with van der Waals surface area (Å²) in [6, 6.07) is 15.7. The standard InChI is InChI=1S/C18H19FN2O/c1-2-6-17(15-7-4-3-5-8-15)20-21-18(22)13-14-9-11-16(19)12-10-14/h3-5,7-12H,2,6,13H2,1H3,(H,21,22)/b20-17-. The molecule has 0 saturated heterocycles. The Kier molecular flexibility index (Phi) is 5.83. The summed E-state index contributed by atoms with van der Waals surface area (Å²) in [5.74, 6) is -0.521. The zero-order chi connectivity index (χ0) is 15.8. The molecule has 2 rings (SSSR count). The second-order valence-electron chi connectivity index (χ2n) is 5.01. The highest BCUT2D eigenvalue weighted by Crippen LogP contribution is 2.07. The maximum atomic E-state index is 12.8. The number of amides is 1. The molecule has 0 fully saturated rings. The largest absolute Gasteiger partial charge is 0.273 e. The molecule has 0 aromatic heterocycles. The molecule has 1 N–H and O–H groups in total. The number of halogens is 1. The van der Waals surface area contributed by atoms with Crippen molar-refractivity contribution in [3.63, 3.8) is 0 Å². The smallest absolute Gasteiger partial charge is 0.244 e. The van der Waals surface area contributed by atoms with Gasteiger partial charge in [-0.05, 0) is 29.7 Å². The van der Waals surface area contributed by atoms with E-state index in [2.05, 4.69) is 17.5 Å².